The first-order valence-electron chi connectivity index (χ1n) is 12.2. The number of rotatable bonds is 11. The number of aryl methyl sites for hydroxylation is 1. The maximum absolute atomic E-state index is 12.9. The Balaban J connectivity index is 1.43. The van der Waals surface area contributed by atoms with Gasteiger partial charge in [-0.3, -0.25) is 4.79 Å². The lowest BCUT2D eigenvalue weighted by Crippen LogP contribution is -2.33. The first-order valence-corrected chi connectivity index (χ1v) is 12.2. The van der Waals surface area contributed by atoms with Crippen LogP contribution in [0.1, 0.15) is 32.3 Å². The van der Waals surface area contributed by atoms with Crippen LogP contribution >= 0.6 is 0 Å². The Morgan fingerprint density at radius 2 is 1.47 bits per heavy atom. The normalized spacial score (nSPS) is 11.1. The maximum atomic E-state index is 12.9. The molecule has 5 nitrogen and oxygen atoms in total. The minimum atomic E-state index is 0.132. The van der Waals surface area contributed by atoms with Crippen LogP contribution in [0.25, 0.3) is 21.8 Å². The summed E-state index contributed by atoms with van der Waals surface area (Å²) in [6, 6.07) is 22.6. The van der Waals surface area contributed by atoms with Gasteiger partial charge in [0, 0.05) is 35.4 Å². The third-order valence-corrected chi connectivity index (χ3v) is 6.22. The average Bonchev–Trinajstić information content (AvgIpc) is 3.15. The van der Waals surface area contributed by atoms with Gasteiger partial charge in [-0.2, -0.15) is 0 Å². The molecule has 0 fully saturated rings. The van der Waals surface area contributed by atoms with E-state index in [2.05, 4.69) is 47.9 Å². The van der Waals surface area contributed by atoms with Gasteiger partial charge in [0.05, 0.1) is 18.7 Å². The van der Waals surface area contributed by atoms with Gasteiger partial charge in [-0.15, -0.1) is 0 Å². The lowest BCUT2D eigenvalue weighted by Gasteiger charge is -2.19. The zero-order valence-corrected chi connectivity index (χ0v) is 20.4. The number of aromatic nitrogens is 1. The van der Waals surface area contributed by atoms with Crippen LogP contribution in [0.5, 0.6) is 11.5 Å². The molecule has 178 valence electrons. The molecule has 0 saturated heterocycles. The number of para-hydroxylation sites is 1. The molecule has 1 aromatic heterocycles. The molecule has 0 unspecified atom stereocenters. The van der Waals surface area contributed by atoms with E-state index in [9.17, 15) is 4.79 Å². The number of benzene rings is 3. The second-order valence-corrected chi connectivity index (χ2v) is 8.57. The molecule has 3 aromatic carbocycles. The van der Waals surface area contributed by atoms with Gasteiger partial charge in [-0.05, 0) is 69.5 Å². The molecule has 4 rings (SSSR count). The van der Waals surface area contributed by atoms with Crippen molar-refractivity contribution in [1.82, 2.24) is 9.47 Å². The van der Waals surface area contributed by atoms with Crippen LogP contribution in [-0.4, -0.2) is 41.7 Å². The highest BCUT2D eigenvalue weighted by Crippen LogP contribution is 2.31. The van der Waals surface area contributed by atoms with Gasteiger partial charge >= 0.3 is 0 Å². The number of ether oxygens (including phenoxy) is 2. The fourth-order valence-electron chi connectivity index (χ4n) is 4.39. The van der Waals surface area contributed by atoms with E-state index in [1.807, 2.05) is 49.1 Å². The van der Waals surface area contributed by atoms with Crippen molar-refractivity contribution in [3.8, 4) is 11.5 Å². The fourth-order valence-corrected chi connectivity index (χ4v) is 4.39. The number of hydrogen-bond donors (Lipinski definition) is 0. The Kier molecular flexibility index (Phi) is 7.73. The van der Waals surface area contributed by atoms with Crippen LogP contribution in [0.15, 0.2) is 66.7 Å². The summed E-state index contributed by atoms with van der Waals surface area (Å²) in [7, 11) is 0. The van der Waals surface area contributed by atoms with E-state index in [0.29, 0.717) is 32.8 Å². The van der Waals surface area contributed by atoms with E-state index in [4.69, 9.17) is 9.47 Å². The van der Waals surface area contributed by atoms with Crippen molar-refractivity contribution in [2.24, 2.45) is 0 Å². The number of unbranched alkanes of at least 4 members (excludes halogenated alkanes) is 1. The molecular weight excluding hydrogens is 424 g/mol. The van der Waals surface area contributed by atoms with Gasteiger partial charge in [0.25, 0.3) is 0 Å². The number of fused-ring (bicyclic) bond motifs is 3. The number of amides is 1. The number of carbonyl (C=O) groups excluding carboxylic acids is 1. The highest BCUT2D eigenvalue weighted by molar-refractivity contribution is 6.09. The minimum absolute atomic E-state index is 0.132. The third-order valence-electron chi connectivity index (χ3n) is 6.22. The number of hydrogen-bond acceptors (Lipinski definition) is 3. The van der Waals surface area contributed by atoms with Crippen LogP contribution in [-0.2, 0) is 11.3 Å². The molecule has 0 aliphatic carbocycles. The molecule has 1 heterocycles. The molecule has 0 spiro atoms. The third kappa shape index (κ3) is 5.36. The van der Waals surface area contributed by atoms with Gasteiger partial charge in [0.1, 0.15) is 18.0 Å². The first-order chi connectivity index (χ1) is 16.6. The second-order valence-electron chi connectivity index (χ2n) is 8.57. The lowest BCUT2D eigenvalue weighted by atomic mass is 10.1. The SMILES string of the molecule is CCN(CC)C(=O)Cn1c2ccccc2c2ccc(OCCCCOc3cccc(C)c3)cc21. The van der Waals surface area contributed by atoms with Crippen LogP contribution in [0.2, 0.25) is 0 Å². The summed E-state index contributed by atoms with van der Waals surface area (Å²) in [5, 5.41) is 2.30. The molecule has 0 atom stereocenters. The molecule has 5 heteroatoms. The fraction of sp³-hybridized carbons (Fsp3) is 0.345. The van der Waals surface area contributed by atoms with E-state index >= 15 is 0 Å². The monoisotopic (exact) mass is 458 g/mol. The summed E-state index contributed by atoms with van der Waals surface area (Å²) in [5.74, 6) is 1.87. The Hall–Kier alpha value is -3.47. The molecule has 0 saturated carbocycles. The molecule has 0 radical (unpaired) electrons. The zero-order valence-electron chi connectivity index (χ0n) is 20.4. The van der Waals surface area contributed by atoms with Crippen molar-refractivity contribution in [2.45, 2.75) is 40.2 Å². The molecular formula is C29H34N2O3. The molecule has 34 heavy (non-hydrogen) atoms. The molecule has 0 bridgehead atoms. The summed E-state index contributed by atoms with van der Waals surface area (Å²) in [5.41, 5.74) is 3.30. The van der Waals surface area contributed by atoms with Crippen molar-refractivity contribution in [3.05, 3.63) is 72.3 Å². The van der Waals surface area contributed by atoms with E-state index in [-0.39, 0.29) is 5.91 Å². The summed E-state index contributed by atoms with van der Waals surface area (Å²) < 4.78 is 14.0. The van der Waals surface area contributed by atoms with E-state index in [1.165, 1.54) is 5.56 Å². The minimum Gasteiger partial charge on any atom is -0.494 e. The van der Waals surface area contributed by atoms with E-state index < -0.39 is 0 Å². The van der Waals surface area contributed by atoms with Gasteiger partial charge in [-0.25, -0.2) is 0 Å². The predicted molar refractivity (Wildman–Crippen MR) is 139 cm³/mol. The summed E-state index contributed by atoms with van der Waals surface area (Å²) in [4.78, 5) is 14.8. The average molecular weight is 459 g/mol. The molecule has 1 amide bonds. The van der Waals surface area contributed by atoms with Crippen molar-refractivity contribution in [3.63, 3.8) is 0 Å². The molecule has 0 N–H and O–H groups in total. The number of carbonyl (C=O) groups is 1. The smallest absolute Gasteiger partial charge is 0.242 e. The second kappa shape index (κ2) is 11.1. The van der Waals surface area contributed by atoms with Crippen molar-refractivity contribution in [2.75, 3.05) is 26.3 Å². The lowest BCUT2D eigenvalue weighted by molar-refractivity contribution is -0.131. The summed E-state index contributed by atoms with van der Waals surface area (Å²) in [6.45, 7) is 9.16. The Morgan fingerprint density at radius 1 is 0.794 bits per heavy atom. The molecule has 0 aliphatic heterocycles. The number of likely N-dealkylation sites (N-methyl/N-ethyl adjacent to an activating group) is 1. The van der Waals surface area contributed by atoms with Gasteiger partial charge < -0.3 is 18.9 Å². The van der Waals surface area contributed by atoms with Crippen LogP contribution in [0.3, 0.4) is 0 Å². The highest BCUT2D eigenvalue weighted by atomic mass is 16.5. The highest BCUT2D eigenvalue weighted by Gasteiger charge is 2.16. The van der Waals surface area contributed by atoms with Crippen LogP contribution < -0.4 is 9.47 Å². The van der Waals surface area contributed by atoms with Crippen molar-refractivity contribution < 1.29 is 14.3 Å². The quantitative estimate of drug-likeness (QED) is 0.251. The van der Waals surface area contributed by atoms with Gasteiger partial charge in [-0.1, -0.05) is 30.3 Å². The summed E-state index contributed by atoms with van der Waals surface area (Å²) in [6.07, 6.45) is 1.84. The van der Waals surface area contributed by atoms with Gasteiger partial charge in [0.2, 0.25) is 5.91 Å². The maximum Gasteiger partial charge on any atom is 0.242 e. The van der Waals surface area contributed by atoms with E-state index in [1.54, 1.807) is 0 Å². The topological polar surface area (TPSA) is 43.7 Å². The number of nitrogens with zero attached hydrogens (tertiary/aromatic N) is 2. The van der Waals surface area contributed by atoms with Crippen molar-refractivity contribution >= 4 is 27.7 Å². The van der Waals surface area contributed by atoms with Crippen molar-refractivity contribution in [1.29, 1.82) is 0 Å². The van der Waals surface area contributed by atoms with E-state index in [0.717, 1.165) is 46.1 Å². The Labute approximate surface area is 201 Å². The standard InChI is InChI=1S/C29H34N2O3/c1-4-30(5-2)29(32)21-31-27-14-7-6-13-25(27)26-16-15-24(20-28(26)31)34-18-9-8-17-33-23-12-10-11-22(3)19-23/h6-7,10-16,19-20H,4-5,8-9,17-18,21H2,1-3H3. The molecule has 4 aromatic rings. The zero-order chi connectivity index (χ0) is 23.9. The van der Waals surface area contributed by atoms with Crippen LogP contribution in [0.4, 0.5) is 0 Å². The molecule has 0 aliphatic rings. The Morgan fingerprint density at radius 3 is 2.18 bits per heavy atom. The predicted octanol–water partition coefficient (Wildman–Crippen LogP) is 6.21. The first kappa shape index (κ1) is 23.7. The van der Waals surface area contributed by atoms with Gasteiger partial charge in [0.15, 0.2) is 0 Å². The Bertz CT molecular complexity index is 1260. The van der Waals surface area contributed by atoms with Crippen LogP contribution in [0, 0.1) is 6.92 Å². The summed E-state index contributed by atoms with van der Waals surface area (Å²) >= 11 is 0. The largest absolute Gasteiger partial charge is 0.494 e.